The first-order valence-electron chi connectivity index (χ1n) is 3.11. The molecule has 0 saturated carbocycles. The maximum Gasteiger partial charge on any atom is 0.269 e. The zero-order valence-electron chi connectivity index (χ0n) is 6.06. The quantitative estimate of drug-likeness (QED) is 0.387. The third-order valence-electron chi connectivity index (χ3n) is 1.22. The molecule has 0 aromatic heterocycles. The maximum atomic E-state index is 10.2. The molecule has 0 aliphatic rings. The van der Waals surface area contributed by atoms with Crippen LogP contribution in [0.1, 0.15) is 0 Å². The van der Waals surface area contributed by atoms with Gasteiger partial charge in [-0.05, 0) is 12.1 Å². The van der Waals surface area contributed by atoms with E-state index in [1.54, 1.807) is 0 Å². The molecular weight excluding hydrogens is 162 g/mol. The van der Waals surface area contributed by atoms with Gasteiger partial charge in [-0.15, -0.1) is 0 Å². The molecule has 0 bridgehead atoms. The number of nitrogens with two attached hydrogens (primary N) is 1. The Bertz CT molecular complexity index is 272. The summed E-state index contributed by atoms with van der Waals surface area (Å²) in [5, 5.41) is 10.2. The van der Waals surface area contributed by atoms with E-state index in [0.717, 1.165) is 0 Å². The first-order chi connectivity index (χ1) is 5.74. The van der Waals surface area contributed by atoms with Gasteiger partial charge in [-0.1, -0.05) is 5.59 Å². The fraction of sp³-hybridized carbons (Fsp3) is 0. The lowest BCUT2D eigenvalue weighted by Gasteiger charge is -2.00. The molecule has 0 aliphatic carbocycles. The number of hydrogen-bond acceptors (Lipinski definition) is 5. The van der Waals surface area contributed by atoms with E-state index in [4.69, 9.17) is 5.84 Å². The predicted molar refractivity (Wildman–Crippen MR) is 41.0 cm³/mol. The number of hydrogen-bond donors (Lipinski definition) is 2. The largest absolute Gasteiger partial charge is 0.394 e. The van der Waals surface area contributed by atoms with Crippen molar-refractivity contribution in [3.8, 4) is 5.75 Å². The van der Waals surface area contributed by atoms with Crippen molar-refractivity contribution >= 4 is 5.69 Å². The highest BCUT2D eigenvalue weighted by Gasteiger charge is 2.03. The molecule has 12 heavy (non-hydrogen) atoms. The lowest BCUT2D eigenvalue weighted by atomic mass is 10.3. The molecule has 0 unspecified atom stereocenters. The number of hydrazine groups is 1. The van der Waals surface area contributed by atoms with E-state index in [-0.39, 0.29) is 5.69 Å². The summed E-state index contributed by atoms with van der Waals surface area (Å²) in [5.74, 6) is 5.27. The van der Waals surface area contributed by atoms with Crippen molar-refractivity contribution in [2.24, 2.45) is 5.84 Å². The van der Waals surface area contributed by atoms with E-state index >= 15 is 0 Å². The molecule has 0 atom stereocenters. The van der Waals surface area contributed by atoms with Crippen LogP contribution in [0.4, 0.5) is 5.69 Å². The van der Waals surface area contributed by atoms with Crippen LogP contribution in [0.3, 0.4) is 0 Å². The highest BCUT2D eigenvalue weighted by atomic mass is 16.7. The molecule has 3 N–H and O–H groups in total. The molecule has 0 heterocycles. The highest BCUT2D eigenvalue weighted by Crippen LogP contribution is 2.16. The summed E-state index contributed by atoms with van der Waals surface area (Å²) in [7, 11) is 0. The number of benzene rings is 1. The fourth-order valence-corrected chi connectivity index (χ4v) is 0.704. The van der Waals surface area contributed by atoms with Gasteiger partial charge in [0.15, 0.2) is 0 Å². The molecule has 1 aromatic rings. The van der Waals surface area contributed by atoms with Gasteiger partial charge in [-0.25, -0.2) is 5.84 Å². The van der Waals surface area contributed by atoms with Crippen LogP contribution in [-0.4, -0.2) is 4.92 Å². The van der Waals surface area contributed by atoms with Crippen LogP contribution in [0.5, 0.6) is 5.75 Å². The number of nitro benzene ring substituents is 1. The van der Waals surface area contributed by atoms with Crippen LogP contribution in [0.15, 0.2) is 24.3 Å². The molecule has 64 valence electrons. The van der Waals surface area contributed by atoms with Crippen molar-refractivity contribution in [2.75, 3.05) is 0 Å². The van der Waals surface area contributed by atoms with Crippen LogP contribution in [0.25, 0.3) is 0 Å². The molecule has 0 amide bonds. The minimum absolute atomic E-state index is 0.0133. The minimum atomic E-state index is -0.486. The summed E-state index contributed by atoms with van der Waals surface area (Å²) in [6.07, 6.45) is 0. The zero-order valence-corrected chi connectivity index (χ0v) is 6.06. The second-order valence-corrected chi connectivity index (χ2v) is 1.97. The van der Waals surface area contributed by atoms with Gasteiger partial charge >= 0.3 is 0 Å². The molecule has 0 fully saturated rings. The van der Waals surface area contributed by atoms with Crippen molar-refractivity contribution in [2.45, 2.75) is 0 Å². The average Bonchev–Trinajstić information content (AvgIpc) is 2.06. The Labute approximate surface area is 68.0 Å². The maximum absolute atomic E-state index is 10.2. The van der Waals surface area contributed by atoms with Crippen molar-refractivity contribution in [3.63, 3.8) is 0 Å². The molecule has 0 spiro atoms. The van der Waals surface area contributed by atoms with Crippen molar-refractivity contribution in [3.05, 3.63) is 34.4 Å². The average molecular weight is 169 g/mol. The number of rotatable bonds is 3. The van der Waals surface area contributed by atoms with E-state index in [1.807, 2.05) is 5.59 Å². The normalized spacial score (nSPS) is 9.42. The number of nitro groups is 1. The summed E-state index contributed by atoms with van der Waals surface area (Å²) in [5.41, 5.74) is 1.98. The van der Waals surface area contributed by atoms with E-state index < -0.39 is 4.92 Å². The molecule has 6 heteroatoms. The third kappa shape index (κ3) is 1.91. The first-order valence-corrected chi connectivity index (χ1v) is 3.11. The minimum Gasteiger partial charge on any atom is -0.394 e. The van der Waals surface area contributed by atoms with Gasteiger partial charge in [-0.2, -0.15) is 0 Å². The van der Waals surface area contributed by atoms with E-state index in [1.165, 1.54) is 24.3 Å². The van der Waals surface area contributed by atoms with Crippen LogP contribution < -0.4 is 16.3 Å². The van der Waals surface area contributed by atoms with E-state index in [2.05, 4.69) is 4.84 Å². The Balaban J connectivity index is 2.78. The Morgan fingerprint density at radius 2 is 2.00 bits per heavy atom. The lowest BCUT2D eigenvalue weighted by molar-refractivity contribution is -0.384. The Morgan fingerprint density at radius 3 is 2.42 bits per heavy atom. The fourth-order valence-electron chi connectivity index (χ4n) is 0.704. The van der Waals surface area contributed by atoms with Gasteiger partial charge in [-0.3, -0.25) is 10.1 Å². The van der Waals surface area contributed by atoms with Crippen molar-refractivity contribution in [1.82, 2.24) is 5.59 Å². The lowest BCUT2D eigenvalue weighted by Crippen LogP contribution is -2.25. The molecule has 0 radical (unpaired) electrons. The molecule has 1 rings (SSSR count). The summed E-state index contributed by atoms with van der Waals surface area (Å²) >= 11 is 0. The zero-order chi connectivity index (χ0) is 8.97. The van der Waals surface area contributed by atoms with Gasteiger partial charge in [0.05, 0.1) is 4.92 Å². The number of nitrogens with zero attached hydrogens (tertiary/aromatic N) is 1. The Morgan fingerprint density at radius 1 is 1.42 bits per heavy atom. The van der Waals surface area contributed by atoms with Crippen molar-refractivity contribution < 1.29 is 9.76 Å². The summed E-state index contributed by atoms with van der Waals surface area (Å²) in [6.45, 7) is 0. The molecule has 6 nitrogen and oxygen atoms in total. The van der Waals surface area contributed by atoms with Crippen LogP contribution in [0, 0.1) is 10.1 Å². The molecule has 0 aliphatic heterocycles. The van der Waals surface area contributed by atoms with Crippen LogP contribution in [-0.2, 0) is 0 Å². The number of non-ortho nitro benzene ring substituents is 1. The topological polar surface area (TPSA) is 90.4 Å². The summed E-state index contributed by atoms with van der Waals surface area (Å²) < 4.78 is 0. The smallest absolute Gasteiger partial charge is 0.269 e. The molecule has 1 aromatic carbocycles. The second kappa shape index (κ2) is 3.65. The molecule has 0 saturated heterocycles. The van der Waals surface area contributed by atoms with Crippen LogP contribution in [0.2, 0.25) is 0 Å². The SMILES string of the molecule is NNOc1ccc([N+](=O)[O-])cc1. The van der Waals surface area contributed by atoms with Crippen molar-refractivity contribution in [1.29, 1.82) is 0 Å². The number of nitrogens with one attached hydrogen (secondary N) is 1. The third-order valence-corrected chi connectivity index (χ3v) is 1.22. The summed E-state index contributed by atoms with van der Waals surface area (Å²) in [6, 6.07) is 5.54. The van der Waals surface area contributed by atoms with E-state index in [0.29, 0.717) is 5.75 Å². The van der Waals surface area contributed by atoms with Crippen LogP contribution >= 0.6 is 0 Å². The predicted octanol–water partition coefficient (Wildman–Crippen LogP) is 0.352. The molecular formula is C6H7N3O3. The highest BCUT2D eigenvalue weighted by molar-refractivity contribution is 5.35. The Hall–Kier alpha value is -1.66. The van der Waals surface area contributed by atoms with E-state index in [9.17, 15) is 10.1 Å². The first kappa shape index (κ1) is 8.44. The van der Waals surface area contributed by atoms with Gasteiger partial charge in [0.2, 0.25) is 0 Å². The van der Waals surface area contributed by atoms with Gasteiger partial charge in [0, 0.05) is 12.1 Å². The van der Waals surface area contributed by atoms with Gasteiger partial charge in [0.1, 0.15) is 5.75 Å². The van der Waals surface area contributed by atoms with Gasteiger partial charge < -0.3 is 4.84 Å². The Kier molecular flexibility index (Phi) is 2.57. The standard InChI is InChI=1S/C6H7N3O3/c7-8-12-6-3-1-5(2-4-6)9(10)11/h1-4,8H,7H2. The second-order valence-electron chi connectivity index (χ2n) is 1.97. The van der Waals surface area contributed by atoms with Gasteiger partial charge in [0.25, 0.3) is 5.69 Å². The monoisotopic (exact) mass is 169 g/mol. The summed E-state index contributed by atoms with van der Waals surface area (Å²) in [4.78, 5) is 14.4.